The van der Waals surface area contributed by atoms with Crippen molar-refractivity contribution in [3.8, 4) is 11.5 Å². The zero-order valence-electron chi connectivity index (χ0n) is 11.1. The van der Waals surface area contributed by atoms with Gasteiger partial charge < -0.3 is 9.47 Å². The van der Waals surface area contributed by atoms with Gasteiger partial charge in [-0.2, -0.15) is 0 Å². The van der Waals surface area contributed by atoms with Crippen molar-refractivity contribution < 1.29 is 9.47 Å². The molecule has 3 heteroatoms. The van der Waals surface area contributed by atoms with Crippen LogP contribution in [0, 0.1) is 0 Å². The van der Waals surface area contributed by atoms with Gasteiger partial charge in [0.15, 0.2) is 11.5 Å². The fourth-order valence-electron chi connectivity index (χ4n) is 2.10. The Morgan fingerprint density at radius 3 is 2.84 bits per heavy atom. The molecule has 0 fully saturated rings. The number of ether oxygens (including phenoxy) is 2. The lowest BCUT2D eigenvalue weighted by Gasteiger charge is -2.17. The van der Waals surface area contributed by atoms with E-state index in [9.17, 15) is 0 Å². The van der Waals surface area contributed by atoms with Crippen LogP contribution in [0.1, 0.15) is 24.3 Å². The van der Waals surface area contributed by atoms with Gasteiger partial charge in [0.05, 0.1) is 13.7 Å². The topological polar surface area (TPSA) is 18.5 Å². The van der Waals surface area contributed by atoms with E-state index in [-0.39, 0.29) is 0 Å². The van der Waals surface area contributed by atoms with Crippen molar-refractivity contribution in [2.75, 3.05) is 19.6 Å². The molecule has 0 N–H and O–H groups in total. The van der Waals surface area contributed by atoms with Crippen molar-refractivity contribution in [1.29, 1.82) is 0 Å². The van der Waals surface area contributed by atoms with Crippen LogP contribution in [-0.4, -0.2) is 19.6 Å². The molecule has 0 heterocycles. The van der Waals surface area contributed by atoms with Gasteiger partial charge in [-0.3, -0.25) is 0 Å². The van der Waals surface area contributed by atoms with E-state index in [0.29, 0.717) is 18.4 Å². The second-order valence-corrected chi connectivity index (χ2v) is 4.83. The minimum Gasteiger partial charge on any atom is -0.493 e. The Labute approximate surface area is 119 Å². The van der Waals surface area contributed by atoms with Gasteiger partial charge in [0.1, 0.15) is 0 Å². The predicted molar refractivity (Wildman–Crippen MR) is 79.5 cm³/mol. The first-order chi connectivity index (χ1) is 9.35. The number of alkyl halides is 1. The van der Waals surface area contributed by atoms with Gasteiger partial charge in [0.25, 0.3) is 0 Å². The first-order valence-electron chi connectivity index (χ1n) is 6.55. The summed E-state index contributed by atoms with van der Waals surface area (Å²) >= 11 is 5.67. The largest absolute Gasteiger partial charge is 0.493 e. The molecule has 1 unspecified atom stereocenters. The summed E-state index contributed by atoms with van der Waals surface area (Å²) in [7, 11) is 1.66. The molecule has 0 saturated carbocycles. The minimum absolute atomic E-state index is 0.422. The molecule has 2 rings (SSSR count). The average Bonchev–Trinajstić information content (AvgIpc) is 2.48. The van der Waals surface area contributed by atoms with E-state index in [0.717, 1.165) is 24.3 Å². The minimum atomic E-state index is 0.422. The first kappa shape index (κ1) is 14.0. The zero-order chi connectivity index (χ0) is 13.5. The van der Waals surface area contributed by atoms with Crippen molar-refractivity contribution in [3.05, 3.63) is 48.1 Å². The summed E-state index contributed by atoms with van der Waals surface area (Å²) in [5.74, 6) is 2.60. The van der Waals surface area contributed by atoms with E-state index in [1.165, 1.54) is 5.56 Å². The first-order valence-corrected chi connectivity index (χ1v) is 7.08. The molecule has 2 nitrogen and oxygen atoms in total. The molecule has 1 aromatic rings. The highest BCUT2D eigenvalue weighted by molar-refractivity contribution is 6.17. The quantitative estimate of drug-likeness (QED) is 0.570. The number of hydrogen-bond acceptors (Lipinski definition) is 2. The fourth-order valence-corrected chi connectivity index (χ4v) is 2.21. The fraction of sp³-hybridized carbons (Fsp3) is 0.375. The summed E-state index contributed by atoms with van der Waals surface area (Å²) in [4.78, 5) is 0. The van der Waals surface area contributed by atoms with E-state index in [1.807, 2.05) is 6.07 Å². The molecule has 0 aromatic heterocycles. The third kappa shape index (κ3) is 3.77. The zero-order valence-corrected chi connectivity index (χ0v) is 11.9. The number of halogens is 1. The van der Waals surface area contributed by atoms with E-state index in [1.54, 1.807) is 7.11 Å². The van der Waals surface area contributed by atoms with Crippen LogP contribution in [0.5, 0.6) is 11.5 Å². The van der Waals surface area contributed by atoms with Gasteiger partial charge >= 0.3 is 0 Å². The van der Waals surface area contributed by atoms with Crippen molar-refractivity contribution in [2.45, 2.75) is 18.8 Å². The Bertz CT molecular complexity index is 466. The molecule has 102 valence electrons. The molecule has 0 amide bonds. The lowest BCUT2D eigenvalue weighted by molar-refractivity contribution is 0.294. The summed E-state index contributed by atoms with van der Waals surface area (Å²) < 4.78 is 11.1. The molecule has 0 aliphatic heterocycles. The maximum Gasteiger partial charge on any atom is 0.161 e. The van der Waals surface area contributed by atoms with Gasteiger partial charge in [0.2, 0.25) is 0 Å². The number of allylic oxidation sites excluding steroid dienone is 4. The van der Waals surface area contributed by atoms with Crippen molar-refractivity contribution in [1.82, 2.24) is 0 Å². The van der Waals surface area contributed by atoms with Crippen LogP contribution in [0.25, 0.3) is 0 Å². The SMILES string of the molecule is COc1ccc(C2C=CC=CC2)cc1OCCCCl. The average molecular weight is 279 g/mol. The van der Waals surface area contributed by atoms with E-state index >= 15 is 0 Å². The molecule has 1 aromatic carbocycles. The number of benzene rings is 1. The molecule has 0 bridgehead atoms. The van der Waals surface area contributed by atoms with Crippen molar-refractivity contribution in [3.63, 3.8) is 0 Å². The van der Waals surface area contributed by atoms with Crippen LogP contribution in [0.15, 0.2) is 42.5 Å². The predicted octanol–water partition coefficient (Wildman–Crippen LogP) is 4.30. The maximum atomic E-state index is 5.75. The standard InChI is InChI=1S/C16H19ClO2/c1-18-15-9-8-14(13-6-3-2-4-7-13)12-16(15)19-11-5-10-17/h2-4,6,8-9,12-13H,5,7,10-11H2,1H3. The third-order valence-corrected chi connectivity index (χ3v) is 3.40. The van der Waals surface area contributed by atoms with Crippen LogP contribution >= 0.6 is 11.6 Å². The summed E-state index contributed by atoms with van der Waals surface area (Å²) in [6, 6.07) is 6.14. The Morgan fingerprint density at radius 2 is 2.16 bits per heavy atom. The second kappa shape index (κ2) is 7.25. The lowest BCUT2D eigenvalue weighted by atomic mass is 9.92. The number of rotatable bonds is 6. The molecule has 0 spiro atoms. The van der Waals surface area contributed by atoms with Gasteiger partial charge in [-0.15, -0.1) is 11.6 Å². The normalized spacial score (nSPS) is 17.5. The molecule has 0 radical (unpaired) electrons. The van der Waals surface area contributed by atoms with Gasteiger partial charge in [0, 0.05) is 11.8 Å². The Balaban J connectivity index is 2.14. The Hall–Kier alpha value is -1.41. The smallest absolute Gasteiger partial charge is 0.161 e. The summed E-state index contributed by atoms with van der Waals surface area (Å²) in [5, 5.41) is 0. The summed E-state index contributed by atoms with van der Waals surface area (Å²) in [6.45, 7) is 0.615. The Kier molecular flexibility index (Phi) is 5.34. The van der Waals surface area contributed by atoms with E-state index in [4.69, 9.17) is 21.1 Å². The molecule has 19 heavy (non-hydrogen) atoms. The summed E-state index contributed by atoms with van der Waals surface area (Å²) in [6.07, 6.45) is 10.4. The highest BCUT2D eigenvalue weighted by Crippen LogP contribution is 2.33. The number of methoxy groups -OCH3 is 1. The Morgan fingerprint density at radius 1 is 1.26 bits per heavy atom. The summed E-state index contributed by atoms with van der Waals surface area (Å²) in [5.41, 5.74) is 1.25. The molecule has 1 atom stereocenters. The number of hydrogen-bond donors (Lipinski definition) is 0. The van der Waals surface area contributed by atoms with Gasteiger partial charge in [-0.25, -0.2) is 0 Å². The maximum absolute atomic E-state index is 5.75. The van der Waals surface area contributed by atoms with Crippen LogP contribution < -0.4 is 9.47 Å². The van der Waals surface area contributed by atoms with E-state index in [2.05, 4.69) is 36.4 Å². The van der Waals surface area contributed by atoms with E-state index < -0.39 is 0 Å². The monoisotopic (exact) mass is 278 g/mol. The van der Waals surface area contributed by atoms with Gasteiger partial charge in [-0.05, 0) is 30.5 Å². The third-order valence-electron chi connectivity index (χ3n) is 3.13. The molecule has 1 aliphatic carbocycles. The van der Waals surface area contributed by atoms with Crippen LogP contribution in [0.3, 0.4) is 0 Å². The van der Waals surface area contributed by atoms with Crippen LogP contribution in [0.2, 0.25) is 0 Å². The molecule has 0 saturated heterocycles. The highest BCUT2D eigenvalue weighted by Gasteiger charge is 2.12. The lowest BCUT2D eigenvalue weighted by Crippen LogP contribution is -2.02. The molecular weight excluding hydrogens is 260 g/mol. The van der Waals surface area contributed by atoms with Crippen molar-refractivity contribution >= 4 is 11.6 Å². The van der Waals surface area contributed by atoms with Crippen molar-refractivity contribution in [2.24, 2.45) is 0 Å². The highest BCUT2D eigenvalue weighted by atomic mass is 35.5. The van der Waals surface area contributed by atoms with Gasteiger partial charge in [-0.1, -0.05) is 30.4 Å². The molecule has 1 aliphatic rings. The second-order valence-electron chi connectivity index (χ2n) is 4.46. The molecular formula is C16H19ClO2. The van der Waals surface area contributed by atoms with Crippen LogP contribution in [-0.2, 0) is 0 Å². The van der Waals surface area contributed by atoms with Crippen LogP contribution in [0.4, 0.5) is 0 Å².